The van der Waals surface area contributed by atoms with Crippen molar-refractivity contribution in [3.63, 3.8) is 0 Å². The number of rotatable bonds is 6. The molecule has 2 heterocycles. The number of carbonyl (C=O) groups is 2. The van der Waals surface area contributed by atoms with Crippen molar-refractivity contribution < 1.29 is 19.2 Å². The highest BCUT2D eigenvalue weighted by atomic mass is 16.5. The Balaban J connectivity index is 1.44. The van der Waals surface area contributed by atoms with Gasteiger partial charge < -0.3 is 14.9 Å². The summed E-state index contributed by atoms with van der Waals surface area (Å²) in [5, 5.41) is 15.8. The monoisotopic (exact) mass is 379 g/mol. The van der Waals surface area contributed by atoms with E-state index in [4.69, 9.17) is 9.63 Å². The van der Waals surface area contributed by atoms with Crippen LogP contribution in [-0.4, -0.2) is 37.1 Å². The van der Waals surface area contributed by atoms with Crippen LogP contribution < -0.4 is 5.32 Å². The molecule has 1 aromatic carbocycles. The lowest BCUT2D eigenvalue weighted by molar-refractivity contribution is 0.0689. The second kappa shape index (κ2) is 7.18. The molecule has 1 aliphatic rings. The molecule has 28 heavy (non-hydrogen) atoms. The number of benzene rings is 1. The summed E-state index contributed by atoms with van der Waals surface area (Å²) in [6.07, 6.45) is 4.80. The van der Waals surface area contributed by atoms with Crippen LogP contribution in [0.2, 0.25) is 0 Å². The zero-order valence-corrected chi connectivity index (χ0v) is 15.0. The number of amides is 1. The normalized spacial score (nSPS) is 14.5. The largest absolute Gasteiger partial charge is 0.476 e. The van der Waals surface area contributed by atoms with Gasteiger partial charge in [0.2, 0.25) is 5.89 Å². The zero-order chi connectivity index (χ0) is 19.7. The van der Waals surface area contributed by atoms with Gasteiger partial charge in [-0.15, -0.1) is 0 Å². The highest BCUT2D eigenvalue weighted by Crippen LogP contribution is 2.38. The minimum atomic E-state index is -1.15. The van der Waals surface area contributed by atoms with Gasteiger partial charge >= 0.3 is 5.97 Å². The number of hydrogen-bond donors (Lipinski definition) is 2. The first kappa shape index (κ1) is 17.8. The molecule has 9 nitrogen and oxygen atoms in total. The average Bonchev–Trinajstić information content (AvgIpc) is 3.44. The average molecular weight is 379 g/mol. The number of nitrogens with zero attached hydrogens (tertiary/aromatic N) is 4. The van der Waals surface area contributed by atoms with Crippen molar-refractivity contribution in [1.82, 2.24) is 25.4 Å². The number of hydrogen-bond acceptors (Lipinski definition) is 7. The first-order valence-corrected chi connectivity index (χ1v) is 8.81. The Labute approximate surface area is 159 Å². The van der Waals surface area contributed by atoms with E-state index in [2.05, 4.69) is 25.4 Å². The Morgan fingerprint density at radius 3 is 2.61 bits per heavy atom. The van der Waals surface area contributed by atoms with Crippen molar-refractivity contribution >= 4 is 11.9 Å². The molecule has 1 aliphatic carbocycles. The van der Waals surface area contributed by atoms with Crippen LogP contribution in [0.25, 0.3) is 11.3 Å². The quantitative estimate of drug-likeness (QED) is 0.668. The Bertz CT molecular complexity index is 1030. The summed E-state index contributed by atoms with van der Waals surface area (Å²) < 4.78 is 5.23. The lowest BCUT2D eigenvalue weighted by Gasteiger charge is -2.10. The van der Waals surface area contributed by atoms with E-state index >= 15 is 0 Å². The van der Waals surface area contributed by atoms with E-state index in [1.807, 2.05) is 0 Å². The summed E-state index contributed by atoms with van der Waals surface area (Å²) in [4.78, 5) is 35.7. The Morgan fingerprint density at radius 2 is 1.93 bits per heavy atom. The standard InChI is InChI=1S/C19H17N5O4/c1-10(18-23-16(24-28-18)12-4-5-12)21-17(25)13-6-2-11(3-7-13)14-8-20-9-15(22-14)19(26)27/h2-3,6-10,12H,4-5H2,1H3,(H,21,25)(H,26,27)/t10-/m0/s1. The van der Waals surface area contributed by atoms with Crippen molar-refractivity contribution in [2.45, 2.75) is 31.7 Å². The Kier molecular flexibility index (Phi) is 4.56. The van der Waals surface area contributed by atoms with Gasteiger partial charge in [-0.05, 0) is 31.9 Å². The molecule has 1 saturated carbocycles. The fourth-order valence-corrected chi connectivity index (χ4v) is 2.67. The summed E-state index contributed by atoms with van der Waals surface area (Å²) in [6, 6.07) is 6.23. The molecule has 0 saturated heterocycles. The van der Waals surface area contributed by atoms with Gasteiger partial charge in [-0.2, -0.15) is 4.98 Å². The van der Waals surface area contributed by atoms with Crippen LogP contribution >= 0.6 is 0 Å². The Morgan fingerprint density at radius 1 is 1.18 bits per heavy atom. The van der Waals surface area contributed by atoms with Crippen LogP contribution in [0.3, 0.4) is 0 Å². The molecule has 9 heteroatoms. The minimum Gasteiger partial charge on any atom is -0.476 e. The van der Waals surface area contributed by atoms with E-state index in [0.717, 1.165) is 12.8 Å². The number of nitrogens with one attached hydrogen (secondary N) is 1. The van der Waals surface area contributed by atoms with Gasteiger partial charge in [0.25, 0.3) is 5.91 Å². The molecule has 0 radical (unpaired) electrons. The van der Waals surface area contributed by atoms with Gasteiger partial charge in [-0.1, -0.05) is 17.3 Å². The SMILES string of the molecule is C[C@H](NC(=O)c1ccc(-c2cncc(C(=O)O)n2)cc1)c1nc(C2CC2)no1. The molecule has 142 valence electrons. The second-order valence-electron chi connectivity index (χ2n) is 6.63. The molecule has 0 bridgehead atoms. The summed E-state index contributed by atoms with van der Waals surface area (Å²) in [5.41, 5.74) is 1.38. The van der Waals surface area contributed by atoms with Crippen molar-refractivity contribution in [3.05, 3.63) is 59.6 Å². The number of carbonyl (C=O) groups excluding carboxylic acids is 1. The number of aromatic carboxylic acids is 1. The van der Waals surface area contributed by atoms with Gasteiger partial charge in [0.1, 0.15) is 6.04 Å². The van der Waals surface area contributed by atoms with Crippen molar-refractivity contribution in [2.24, 2.45) is 0 Å². The molecule has 3 aromatic rings. The van der Waals surface area contributed by atoms with Crippen LogP contribution in [-0.2, 0) is 0 Å². The summed E-state index contributed by atoms with van der Waals surface area (Å²) >= 11 is 0. The van der Waals surface area contributed by atoms with E-state index < -0.39 is 12.0 Å². The summed E-state index contributed by atoms with van der Waals surface area (Å²) in [6.45, 7) is 1.78. The van der Waals surface area contributed by atoms with Crippen LogP contribution in [0.4, 0.5) is 0 Å². The number of carboxylic acid groups (broad SMARTS) is 1. The topological polar surface area (TPSA) is 131 Å². The van der Waals surface area contributed by atoms with Crippen LogP contribution in [0.5, 0.6) is 0 Å². The lowest BCUT2D eigenvalue weighted by atomic mass is 10.1. The molecule has 0 unspecified atom stereocenters. The first-order valence-electron chi connectivity index (χ1n) is 8.81. The molecule has 2 aromatic heterocycles. The molecule has 1 fully saturated rings. The predicted molar refractivity (Wildman–Crippen MR) is 96.6 cm³/mol. The van der Waals surface area contributed by atoms with E-state index in [-0.39, 0.29) is 11.6 Å². The van der Waals surface area contributed by atoms with Gasteiger partial charge in [0.05, 0.1) is 18.1 Å². The Hall–Kier alpha value is -3.62. The van der Waals surface area contributed by atoms with Gasteiger partial charge in [0, 0.05) is 17.0 Å². The van der Waals surface area contributed by atoms with Gasteiger partial charge in [-0.3, -0.25) is 9.78 Å². The van der Waals surface area contributed by atoms with Crippen LogP contribution in [0.15, 0.2) is 41.2 Å². The van der Waals surface area contributed by atoms with Crippen LogP contribution in [0, 0.1) is 0 Å². The molecule has 4 rings (SSSR count). The summed E-state index contributed by atoms with van der Waals surface area (Å²) in [7, 11) is 0. The van der Waals surface area contributed by atoms with Crippen molar-refractivity contribution in [1.29, 1.82) is 0 Å². The maximum Gasteiger partial charge on any atom is 0.356 e. The van der Waals surface area contributed by atoms with Crippen molar-refractivity contribution in [2.75, 3.05) is 0 Å². The smallest absolute Gasteiger partial charge is 0.356 e. The third kappa shape index (κ3) is 3.73. The van der Waals surface area contributed by atoms with E-state index in [0.29, 0.717) is 34.5 Å². The summed E-state index contributed by atoms with van der Waals surface area (Å²) in [5.74, 6) is 0.0363. The third-order valence-electron chi connectivity index (χ3n) is 4.41. The fraction of sp³-hybridized carbons (Fsp3) is 0.263. The van der Waals surface area contributed by atoms with E-state index in [9.17, 15) is 9.59 Å². The third-order valence-corrected chi connectivity index (χ3v) is 4.41. The maximum atomic E-state index is 12.5. The highest BCUT2D eigenvalue weighted by Gasteiger charge is 2.29. The lowest BCUT2D eigenvalue weighted by Crippen LogP contribution is -2.26. The maximum absolute atomic E-state index is 12.5. The fourth-order valence-electron chi connectivity index (χ4n) is 2.67. The molecule has 0 aliphatic heterocycles. The second-order valence-corrected chi connectivity index (χ2v) is 6.63. The highest BCUT2D eigenvalue weighted by molar-refractivity contribution is 5.94. The first-order chi connectivity index (χ1) is 13.5. The molecule has 0 spiro atoms. The zero-order valence-electron chi connectivity index (χ0n) is 15.0. The number of aromatic nitrogens is 4. The van der Waals surface area contributed by atoms with E-state index in [1.54, 1.807) is 31.2 Å². The molecule has 1 atom stereocenters. The van der Waals surface area contributed by atoms with Gasteiger partial charge in [0.15, 0.2) is 11.5 Å². The number of carboxylic acids is 1. The van der Waals surface area contributed by atoms with Crippen molar-refractivity contribution in [3.8, 4) is 11.3 Å². The van der Waals surface area contributed by atoms with Crippen LogP contribution in [0.1, 0.15) is 64.3 Å². The molecule has 1 amide bonds. The molecule has 2 N–H and O–H groups in total. The molecular formula is C19H17N5O4. The molecular weight excluding hydrogens is 362 g/mol. The van der Waals surface area contributed by atoms with Gasteiger partial charge in [-0.25, -0.2) is 9.78 Å². The van der Waals surface area contributed by atoms with E-state index in [1.165, 1.54) is 12.4 Å². The predicted octanol–water partition coefficient (Wildman–Crippen LogP) is 2.59. The minimum absolute atomic E-state index is 0.140.